The Labute approximate surface area is 198 Å². The Bertz CT molecular complexity index is 1410. The third-order valence-electron chi connectivity index (χ3n) is 5.09. The van der Waals surface area contributed by atoms with E-state index in [-0.39, 0.29) is 23.0 Å². The van der Waals surface area contributed by atoms with Crippen LogP contribution in [0.25, 0.3) is 16.6 Å². The highest BCUT2D eigenvalue weighted by molar-refractivity contribution is 7.99. The van der Waals surface area contributed by atoms with Gasteiger partial charge >= 0.3 is 5.97 Å². The number of carboxylic acids is 1. The highest BCUT2D eigenvalue weighted by Crippen LogP contribution is 2.22. The molecule has 0 spiro atoms. The van der Waals surface area contributed by atoms with E-state index in [2.05, 4.69) is 10.3 Å². The van der Waals surface area contributed by atoms with E-state index < -0.39 is 29.3 Å². The number of carboxylic acid groups (broad SMARTS) is 1. The van der Waals surface area contributed by atoms with Crippen LogP contribution in [0.3, 0.4) is 0 Å². The van der Waals surface area contributed by atoms with Crippen molar-refractivity contribution in [2.75, 3.05) is 5.75 Å². The molecule has 9 heteroatoms. The fourth-order valence-corrected chi connectivity index (χ4v) is 4.29. The van der Waals surface area contributed by atoms with Gasteiger partial charge in [-0.05, 0) is 29.8 Å². The molecule has 7 nitrogen and oxygen atoms in total. The molecule has 0 bridgehead atoms. The lowest BCUT2D eigenvalue weighted by Gasteiger charge is -2.16. The summed E-state index contributed by atoms with van der Waals surface area (Å²) >= 11 is 0.928. The maximum Gasteiger partial charge on any atom is 0.326 e. The molecule has 1 amide bonds. The topological polar surface area (TPSA) is 101 Å². The number of thioether (sulfide) groups is 1. The molecule has 4 rings (SSSR count). The maximum atomic E-state index is 14.6. The standard InChI is InChI=1S/C25H20FN3O4S/c26-18-11-5-7-13-21(18)29-23(31)17-10-4-6-12-19(17)28-25(29)34-15-22(30)27-20(24(32)33)14-16-8-2-1-3-9-16/h1-13,20H,14-15H2,(H,27,30)(H,32,33). The molecule has 2 N–H and O–H groups in total. The van der Waals surface area contributed by atoms with Crippen molar-refractivity contribution in [1.29, 1.82) is 0 Å². The molecular weight excluding hydrogens is 457 g/mol. The van der Waals surface area contributed by atoms with Crippen LogP contribution in [0.1, 0.15) is 5.56 Å². The van der Waals surface area contributed by atoms with Crippen LogP contribution < -0.4 is 10.9 Å². The van der Waals surface area contributed by atoms with Crippen molar-refractivity contribution in [1.82, 2.24) is 14.9 Å². The summed E-state index contributed by atoms with van der Waals surface area (Å²) < 4.78 is 15.7. The third kappa shape index (κ3) is 5.15. The van der Waals surface area contributed by atoms with E-state index in [1.165, 1.54) is 18.2 Å². The van der Waals surface area contributed by atoms with Crippen molar-refractivity contribution >= 4 is 34.5 Å². The van der Waals surface area contributed by atoms with Gasteiger partial charge in [-0.3, -0.25) is 14.2 Å². The highest BCUT2D eigenvalue weighted by atomic mass is 32.2. The molecule has 3 aromatic carbocycles. The van der Waals surface area contributed by atoms with E-state index in [9.17, 15) is 23.9 Å². The second kappa shape index (κ2) is 10.3. The summed E-state index contributed by atoms with van der Waals surface area (Å²) in [4.78, 5) is 41.9. The molecule has 4 aromatic rings. The van der Waals surface area contributed by atoms with Crippen molar-refractivity contribution in [3.8, 4) is 5.69 Å². The molecule has 172 valence electrons. The number of rotatable bonds is 8. The first kappa shape index (κ1) is 23.2. The monoisotopic (exact) mass is 477 g/mol. The fourth-order valence-electron chi connectivity index (χ4n) is 3.47. The van der Waals surface area contributed by atoms with Crippen LogP contribution in [0.4, 0.5) is 4.39 Å². The minimum atomic E-state index is -1.16. The summed E-state index contributed by atoms with van der Waals surface area (Å²) in [7, 11) is 0. The molecule has 0 aliphatic rings. The van der Waals surface area contributed by atoms with E-state index >= 15 is 0 Å². The van der Waals surface area contributed by atoms with Gasteiger partial charge in [-0.1, -0.05) is 66.4 Å². The number of aromatic nitrogens is 2. The smallest absolute Gasteiger partial charge is 0.326 e. The first-order chi connectivity index (χ1) is 16.4. The van der Waals surface area contributed by atoms with E-state index in [0.29, 0.717) is 10.9 Å². The second-order valence-corrected chi connectivity index (χ2v) is 8.38. The number of para-hydroxylation sites is 2. The van der Waals surface area contributed by atoms with Crippen molar-refractivity contribution < 1.29 is 19.1 Å². The van der Waals surface area contributed by atoms with Crippen LogP contribution in [0.15, 0.2) is 88.8 Å². The summed E-state index contributed by atoms with van der Waals surface area (Å²) in [5.41, 5.74) is 0.732. The number of hydrogen-bond donors (Lipinski definition) is 2. The zero-order chi connectivity index (χ0) is 24.1. The zero-order valence-electron chi connectivity index (χ0n) is 17.8. The number of aliphatic carboxylic acids is 1. The molecule has 0 aliphatic carbocycles. The van der Waals surface area contributed by atoms with Crippen LogP contribution in [0.5, 0.6) is 0 Å². The van der Waals surface area contributed by atoms with Crippen molar-refractivity contribution in [3.05, 3.63) is 101 Å². The van der Waals surface area contributed by atoms with Crippen molar-refractivity contribution in [2.45, 2.75) is 17.6 Å². The lowest BCUT2D eigenvalue weighted by Crippen LogP contribution is -2.43. The third-order valence-corrected chi connectivity index (χ3v) is 6.03. The van der Waals surface area contributed by atoms with Gasteiger partial charge in [-0.25, -0.2) is 14.2 Å². The Kier molecular flexibility index (Phi) is 7.03. The van der Waals surface area contributed by atoms with Crippen LogP contribution in [0, 0.1) is 5.82 Å². The average Bonchev–Trinajstić information content (AvgIpc) is 2.84. The SMILES string of the molecule is O=C(CSc1nc2ccccc2c(=O)n1-c1ccccc1F)NC(Cc1ccccc1)C(=O)O. The van der Waals surface area contributed by atoms with Gasteiger partial charge in [-0.15, -0.1) is 0 Å². The fraction of sp³-hybridized carbons (Fsp3) is 0.120. The largest absolute Gasteiger partial charge is 0.480 e. The molecule has 34 heavy (non-hydrogen) atoms. The normalized spacial score (nSPS) is 11.8. The highest BCUT2D eigenvalue weighted by Gasteiger charge is 2.22. The van der Waals surface area contributed by atoms with Gasteiger partial charge in [-0.2, -0.15) is 0 Å². The Morgan fingerprint density at radius 2 is 1.68 bits per heavy atom. The van der Waals surface area contributed by atoms with Crippen LogP contribution in [-0.4, -0.2) is 38.3 Å². The molecule has 0 aliphatic heterocycles. The Balaban J connectivity index is 1.60. The number of amides is 1. The number of nitrogens with one attached hydrogen (secondary N) is 1. The summed E-state index contributed by atoms with van der Waals surface area (Å²) in [5, 5.41) is 12.5. The van der Waals surface area contributed by atoms with Crippen LogP contribution in [-0.2, 0) is 16.0 Å². The van der Waals surface area contributed by atoms with Crippen LogP contribution in [0.2, 0.25) is 0 Å². The Hall–Kier alpha value is -3.98. The Morgan fingerprint density at radius 1 is 1.00 bits per heavy atom. The Morgan fingerprint density at radius 3 is 2.41 bits per heavy atom. The number of carbonyl (C=O) groups excluding carboxylic acids is 1. The van der Waals surface area contributed by atoms with Gasteiger partial charge in [0.15, 0.2) is 5.16 Å². The molecule has 1 heterocycles. The quantitative estimate of drug-likeness (QED) is 0.298. The van der Waals surface area contributed by atoms with Crippen molar-refractivity contribution in [3.63, 3.8) is 0 Å². The summed E-state index contributed by atoms with van der Waals surface area (Å²) in [6.45, 7) is 0. The van der Waals surface area contributed by atoms with Crippen LogP contribution >= 0.6 is 11.8 Å². The molecule has 1 atom stereocenters. The summed E-state index contributed by atoms with van der Waals surface area (Å²) in [6.07, 6.45) is 0.126. The maximum absolute atomic E-state index is 14.6. The average molecular weight is 478 g/mol. The minimum absolute atomic E-state index is 0.0150. The van der Waals surface area contributed by atoms with E-state index in [1.807, 2.05) is 6.07 Å². The number of halogens is 1. The van der Waals surface area contributed by atoms with Gasteiger partial charge in [0.2, 0.25) is 5.91 Å². The lowest BCUT2D eigenvalue weighted by molar-refractivity contribution is -0.141. The molecule has 0 saturated heterocycles. The zero-order valence-corrected chi connectivity index (χ0v) is 18.7. The van der Waals surface area contributed by atoms with Gasteiger partial charge in [0, 0.05) is 6.42 Å². The first-order valence-corrected chi connectivity index (χ1v) is 11.4. The second-order valence-electron chi connectivity index (χ2n) is 7.44. The number of fused-ring (bicyclic) bond motifs is 1. The van der Waals surface area contributed by atoms with Gasteiger partial charge < -0.3 is 10.4 Å². The summed E-state index contributed by atoms with van der Waals surface area (Å²) in [5.74, 6) is -2.52. The molecule has 1 unspecified atom stereocenters. The number of carbonyl (C=O) groups is 2. The summed E-state index contributed by atoms with van der Waals surface area (Å²) in [6, 6.07) is 20.3. The lowest BCUT2D eigenvalue weighted by atomic mass is 10.1. The van der Waals surface area contributed by atoms with Gasteiger partial charge in [0.1, 0.15) is 11.9 Å². The van der Waals surface area contributed by atoms with E-state index in [1.54, 1.807) is 54.6 Å². The molecule has 1 aromatic heterocycles. The number of benzene rings is 3. The predicted octanol–water partition coefficient (Wildman–Crippen LogP) is 3.43. The first-order valence-electron chi connectivity index (χ1n) is 10.4. The van der Waals surface area contributed by atoms with Gasteiger partial charge in [0.05, 0.1) is 22.3 Å². The molecular formula is C25H20FN3O4S. The van der Waals surface area contributed by atoms with E-state index in [4.69, 9.17) is 0 Å². The molecule has 0 fully saturated rings. The van der Waals surface area contributed by atoms with Gasteiger partial charge in [0.25, 0.3) is 5.56 Å². The van der Waals surface area contributed by atoms with Crippen molar-refractivity contribution in [2.24, 2.45) is 0 Å². The predicted molar refractivity (Wildman–Crippen MR) is 128 cm³/mol. The minimum Gasteiger partial charge on any atom is -0.480 e. The number of nitrogens with zero attached hydrogens (tertiary/aromatic N) is 2. The molecule has 0 saturated carbocycles. The van der Waals surface area contributed by atoms with E-state index in [0.717, 1.165) is 21.9 Å². The number of hydrogen-bond acceptors (Lipinski definition) is 5. The molecule has 0 radical (unpaired) electrons.